The number of amides is 1. The van der Waals surface area contributed by atoms with Crippen molar-refractivity contribution < 1.29 is 18.0 Å². The van der Waals surface area contributed by atoms with Gasteiger partial charge in [0.2, 0.25) is 0 Å². The fraction of sp³-hybridized carbons (Fsp3) is 0.417. The van der Waals surface area contributed by atoms with Crippen LogP contribution in [0.1, 0.15) is 52.2 Å². The zero-order valence-corrected chi connectivity index (χ0v) is 19.1. The SMILES string of the molecule is Cc1csc(C(=O)N[C@H]2CC[C@@H](N(C)c3cc(C(F)(F)F)nc4ccccc34)CC2)c1C. The number of aromatic nitrogens is 1. The van der Waals surface area contributed by atoms with Crippen LogP contribution in [0.25, 0.3) is 10.9 Å². The normalized spacial score (nSPS) is 19.2. The van der Waals surface area contributed by atoms with Crippen LogP contribution >= 0.6 is 11.3 Å². The average molecular weight is 462 g/mol. The minimum Gasteiger partial charge on any atom is -0.371 e. The summed E-state index contributed by atoms with van der Waals surface area (Å²) in [5, 5.41) is 5.84. The first-order valence-electron chi connectivity index (χ1n) is 10.7. The molecule has 3 aromatic rings. The van der Waals surface area contributed by atoms with E-state index >= 15 is 0 Å². The zero-order chi connectivity index (χ0) is 23.0. The lowest BCUT2D eigenvalue weighted by molar-refractivity contribution is -0.140. The van der Waals surface area contributed by atoms with Gasteiger partial charge in [-0.1, -0.05) is 18.2 Å². The van der Waals surface area contributed by atoms with Crippen molar-refractivity contribution in [1.82, 2.24) is 10.3 Å². The maximum atomic E-state index is 13.4. The zero-order valence-electron chi connectivity index (χ0n) is 18.3. The third-order valence-corrected chi connectivity index (χ3v) is 7.63. The molecule has 2 heterocycles. The number of carbonyl (C=O) groups is 1. The van der Waals surface area contributed by atoms with Gasteiger partial charge in [-0.2, -0.15) is 13.2 Å². The number of aryl methyl sites for hydroxylation is 1. The molecule has 0 unspecified atom stereocenters. The maximum Gasteiger partial charge on any atom is 0.433 e. The number of nitrogens with zero attached hydrogens (tertiary/aromatic N) is 2. The number of thiophene rings is 1. The maximum absolute atomic E-state index is 13.4. The van der Waals surface area contributed by atoms with Crippen molar-refractivity contribution in [2.45, 2.75) is 57.8 Å². The smallest absolute Gasteiger partial charge is 0.371 e. The molecule has 170 valence electrons. The molecule has 8 heteroatoms. The number of rotatable bonds is 4. The molecule has 0 spiro atoms. The van der Waals surface area contributed by atoms with Gasteiger partial charge in [0, 0.05) is 30.2 Å². The van der Waals surface area contributed by atoms with E-state index in [0.717, 1.165) is 47.8 Å². The minimum absolute atomic E-state index is 0.0349. The van der Waals surface area contributed by atoms with Crippen molar-refractivity contribution in [3.8, 4) is 0 Å². The van der Waals surface area contributed by atoms with Crippen molar-refractivity contribution >= 4 is 33.8 Å². The van der Waals surface area contributed by atoms with E-state index in [2.05, 4.69) is 10.3 Å². The Hall–Kier alpha value is -2.61. The quantitative estimate of drug-likeness (QED) is 0.510. The predicted octanol–water partition coefficient (Wildman–Crippen LogP) is 6.11. The number of para-hydroxylation sites is 1. The van der Waals surface area contributed by atoms with Crippen LogP contribution in [0.4, 0.5) is 18.9 Å². The Morgan fingerprint density at radius 3 is 2.47 bits per heavy atom. The van der Waals surface area contributed by atoms with E-state index in [-0.39, 0.29) is 18.0 Å². The molecular weight excluding hydrogens is 435 g/mol. The molecule has 1 N–H and O–H groups in total. The van der Waals surface area contributed by atoms with Crippen molar-refractivity contribution in [1.29, 1.82) is 0 Å². The van der Waals surface area contributed by atoms with Crippen molar-refractivity contribution in [2.75, 3.05) is 11.9 Å². The van der Waals surface area contributed by atoms with Gasteiger partial charge in [-0.15, -0.1) is 11.3 Å². The Labute approximate surface area is 189 Å². The summed E-state index contributed by atoms with van der Waals surface area (Å²) in [5.74, 6) is -0.0349. The van der Waals surface area contributed by atoms with Crippen LogP contribution < -0.4 is 10.2 Å². The molecule has 1 aliphatic carbocycles. The molecule has 0 radical (unpaired) electrons. The van der Waals surface area contributed by atoms with Crippen molar-refractivity contribution in [3.63, 3.8) is 0 Å². The molecule has 2 aromatic heterocycles. The van der Waals surface area contributed by atoms with Crippen LogP contribution in [0.5, 0.6) is 0 Å². The third kappa shape index (κ3) is 4.46. The molecule has 4 rings (SSSR count). The van der Waals surface area contributed by atoms with Gasteiger partial charge in [0.25, 0.3) is 5.91 Å². The van der Waals surface area contributed by atoms with Gasteiger partial charge in [-0.3, -0.25) is 4.79 Å². The Morgan fingerprint density at radius 2 is 1.84 bits per heavy atom. The molecule has 1 aliphatic rings. The lowest BCUT2D eigenvalue weighted by Gasteiger charge is -2.37. The Kier molecular flexibility index (Phi) is 6.16. The number of carbonyl (C=O) groups excluding carboxylic acids is 1. The topological polar surface area (TPSA) is 45.2 Å². The Bertz CT molecular complexity index is 1130. The number of hydrogen-bond acceptors (Lipinski definition) is 4. The number of nitrogens with one attached hydrogen (secondary N) is 1. The monoisotopic (exact) mass is 461 g/mol. The molecule has 0 aliphatic heterocycles. The van der Waals surface area contributed by atoms with E-state index in [1.165, 1.54) is 11.3 Å². The number of hydrogen-bond donors (Lipinski definition) is 1. The van der Waals surface area contributed by atoms with Crippen LogP contribution in [-0.4, -0.2) is 30.0 Å². The standard InChI is InChI=1S/C24H26F3N3OS/c1-14-13-32-22(15(14)2)23(31)28-16-8-10-17(11-9-16)30(3)20-12-21(24(25,26)27)29-19-7-5-4-6-18(19)20/h4-7,12-13,16-17H,8-11H2,1-3H3,(H,28,31)/t16-,17+. The van der Waals surface area contributed by atoms with Gasteiger partial charge in [0.05, 0.1) is 10.4 Å². The summed E-state index contributed by atoms with van der Waals surface area (Å²) in [6.45, 7) is 3.96. The minimum atomic E-state index is -4.50. The van der Waals surface area contributed by atoms with E-state index in [1.807, 2.05) is 43.3 Å². The second kappa shape index (κ2) is 8.73. The fourth-order valence-corrected chi connectivity index (χ4v) is 5.35. The third-order valence-electron chi connectivity index (χ3n) is 6.44. The highest BCUT2D eigenvalue weighted by molar-refractivity contribution is 7.12. The van der Waals surface area contributed by atoms with Gasteiger partial charge in [-0.25, -0.2) is 4.98 Å². The molecular formula is C24H26F3N3OS. The molecule has 0 saturated heterocycles. The first-order valence-corrected chi connectivity index (χ1v) is 11.6. The van der Waals surface area contributed by atoms with Gasteiger partial charge in [0.1, 0.15) is 5.69 Å². The predicted molar refractivity (Wildman–Crippen MR) is 122 cm³/mol. The van der Waals surface area contributed by atoms with Crippen molar-refractivity contribution in [3.05, 3.63) is 57.4 Å². The number of pyridine rings is 1. The summed E-state index contributed by atoms with van der Waals surface area (Å²) in [4.78, 5) is 19.2. The Balaban J connectivity index is 1.48. The number of fused-ring (bicyclic) bond motifs is 1. The first-order chi connectivity index (χ1) is 15.1. The van der Waals surface area contributed by atoms with Gasteiger partial charge in [-0.05, 0) is 68.2 Å². The molecule has 32 heavy (non-hydrogen) atoms. The first kappa shape index (κ1) is 22.6. The summed E-state index contributed by atoms with van der Waals surface area (Å²) in [6.07, 6.45) is -1.33. The van der Waals surface area contributed by atoms with E-state index < -0.39 is 11.9 Å². The highest BCUT2D eigenvalue weighted by atomic mass is 32.1. The van der Waals surface area contributed by atoms with Gasteiger partial charge >= 0.3 is 6.18 Å². The van der Waals surface area contributed by atoms with Gasteiger partial charge < -0.3 is 10.2 Å². The number of anilines is 1. The average Bonchev–Trinajstić information content (AvgIpc) is 3.10. The summed E-state index contributed by atoms with van der Waals surface area (Å²) >= 11 is 1.46. The highest BCUT2D eigenvalue weighted by Gasteiger charge is 2.34. The van der Waals surface area contributed by atoms with Crippen LogP contribution in [-0.2, 0) is 6.18 Å². The van der Waals surface area contributed by atoms with Crippen LogP contribution in [0.2, 0.25) is 0 Å². The number of halogens is 3. The highest BCUT2D eigenvalue weighted by Crippen LogP contribution is 2.36. The molecule has 1 saturated carbocycles. The number of alkyl halides is 3. The summed E-state index contributed by atoms with van der Waals surface area (Å²) < 4.78 is 40.3. The van der Waals surface area contributed by atoms with Crippen LogP contribution in [0, 0.1) is 13.8 Å². The molecule has 1 fully saturated rings. The van der Waals surface area contributed by atoms with Crippen molar-refractivity contribution in [2.24, 2.45) is 0 Å². The lowest BCUT2D eigenvalue weighted by Crippen LogP contribution is -2.43. The van der Waals surface area contributed by atoms with E-state index in [1.54, 1.807) is 12.1 Å². The van der Waals surface area contributed by atoms with E-state index in [9.17, 15) is 18.0 Å². The second-order valence-corrected chi connectivity index (χ2v) is 9.38. The van der Waals surface area contributed by atoms with E-state index in [0.29, 0.717) is 16.6 Å². The van der Waals surface area contributed by atoms with Gasteiger partial charge in [0.15, 0.2) is 0 Å². The summed E-state index contributed by atoms with van der Waals surface area (Å²) in [6, 6.07) is 8.26. The summed E-state index contributed by atoms with van der Waals surface area (Å²) in [5.41, 5.74) is 2.15. The Morgan fingerprint density at radius 1 is 1.16 bits per heavy atom. The largest absolute Gasteiger partial charge is 0.433 e. The second-order valence-electron chi connectivity index (χ2n) is 8.50. The number of benzene rings is 1. The van der Waals surface area contributed by atoms with Crippen LogP contribution in [0.3, 0.4) is 0 Å². The van der Waals surface area contributed by atoms with Crippen LogP contribution in [0.15, 0.2) is 35.7 Å². The molecule has 0 atom stereocenters. The molecule has 0 bridgehead atoms. The lowest BCUT2D eigenvalue weighted by atomic mass is 9.89. The molecule has 4 nitrogen and oxygen atoms in total. The fourth-order valence-electron chi connectivity index (χ4n) is 4.38. The van der Waals surface area contributed by atoms with E-state index in [4.69, 9.17) is 0 Å². The molecule has 1 amide bonds. The summed E-state index contributed by atoms with van der Waals surface area (Å²) in [7, 11) is 1.85. The molecule has 1 aromatic carbocycles.